The van der Waals surface area contributed by atoms with Crippen LogP contribution in [-0.4, -0.2) is 0 Å². The fourth-order valence-electron chi connectivity index (χ4n) is 1.67. The van der Waals surface area contributed by atoms with E-state index in [2.05, 4.69) is 26.0 Å². The molecule has 0 aromatic carbocycles. The summed E-state index contributed by atoms with van der Waals surface area (Å²) in [6.07, 6.45) is 11.1. The minimum atomic E-state index is 1.19. The van der Waals surface area contributed by atoms with Crippen molar-refractivity contribution in [2.24, 2.45) is 0 Å². The van der Waals surface area contributed by atoms with Crippen LogP contribution in [0.1, 0.15) is 46.0 Å². The highest BCUT2D eigenvalue weighted by Gasteiger charge is 2.06. The molecule has 1 aliphatic carbocycles. The Hall–Kier alpha value is -0.520. The first kappa shape index (κ1) is 8.58. The summed E-state index contributed by atoms with van der Waals surface area (Å²) in [4.78, 5) is 0. The zero-order valence-corrected chi connectivity index (χ0v) is 7.69. The van der Waals surface area contributed by atoms with Gasteiger partial charge < -0.3 is 0 Å². The van der Waals surface area contributed by atoms with Crippen LogP contribution in [-0.2, 0) is 0 Å². The molecule has 0 aromatic heterocycles. The summed E-state index contributed by atoms with van der Waals surface area (Å²) in [5.41, 5.74) is 3.24. The van der Waals surface area contributed by atoms with Crippen LogP contribution in [0.3, 0.4) is 0 Å². The van der Waals surface area contributed by atoms with Crippen molar-refractivity contribution in [1.82, 2.24) is 0 Å². The maximum absolute atomic E-state index is 2.38. The Bertz CT molecular complexity index is 152. The summed E-state index contributed by atoms with van der Waals surface area (Å²) in [5.74, 6) is 0. The smallest absolute Gasteiger partial charge is 0.0157 e. The molecular weight excluding hydrogens is 132 g/mol. The Labute approximate surface area is 70.0 Å². The molecule has 0 unspecified atom stereocenters. The second-order valence-electron chi connectivity index (χ2n) is 3.19. The van der Waals surface area contributed by atoms with Crippen molar-refractivity contribution in [1.29, 1.82) is 0 Å². The van der Waals surface area contributed by atoms with E-state index >= 15 is 0 Å². The maximum Gasteiger partial charge on any atom is -0.0157 e. The molecule has 0 amide bonds. The van der Waals surface area contributed by atoms with E-state index in [1.807, 2.05) is 0 Å². The molecule has 62 valence electrons. The van der Waals surface area contributed by atoms with Gasteiger partial charge in [-0.05, 0) is 30.4 Å². The topological polar surface area (TPSA) is 0 Å². The van der Waals surface area contributed by atoms with Crippen LogP contribution >= 0.6 is 0 Å². The quantitative estimate of drug-likeness (QED) is 0.571. The molecule has 0 nitrogen and oxygen atoms in total. The van der Waals surface area contributed by atoms with Crippen molar-refractivity contribution in [3.8, 4) is 0 Å². The summed E-state index contributed by atoms with van der Waals surface area (Å²) in [7, 11) is 0. The summed E-state index contributed by atoms with van der Waals surface area (Å²) in [6.45, 7) is 4.51. The largest absolute Gasteiger partial charge is 0.0772 e. The van der Waals surface area contributed by atoms with Crippen LogP contribution in [0.4, 0.5) is 0 Å². The number of allylic oxidation sites excluding steroid dienone is 4. The van der Waals surface area contributed by atoms with Gasteiger partial charge in [-0.1, -0.05) is 38.8 Å². The lowest BCUT2D eigenvalue weighted by atomic mass is 10.0. The molecule has 0 saturated carbocycles. The van der Waals surface area contributed by atoms with Crippen molar-refractivity contribution in [2.75, 3.05) is 0 Å². The molecule has 0 fully saturated rings. The lowest BCUT2D eigenvalue weighted by Gasteiger charge is -2.04. The van der Waals surface area contributed by atoms with Crippen molar-refractivity contribution in [3.63, 3.8) is 0 Å². The Morgan fingerprint density at radius 2 is 1.45 bits per heavy atom. The predicted molar refractivity (Wildman–Crippen MR) is 50.6 cm³/mol. The lowest BCUT2D eigenvalue weighted by molar-refractivity contribution is 0.858. The minimum absolute atomic E-state index is 1.19. The molecule has 0 N–H and O–H groups in total. The minimum Gasteiger partial charge on any atom is -0.0772 e. The molecule has 0 aliphatic heterocycles. The fourth-order valence-corrected chi connectivity index (χ4v) is 1.67. The standard InChI is InChI=1S/C11H18/c1-3-6-10-8-5-9-11(10)7-4-2/h8-9H,3-7H2,1-2H3. The Morgan fingerprint density at radius 3 is 1.82 bits per heavy atom. The van der Waals surface area contributed by atoms with E-state index in [9.17, 15) is 0 Å². The SMILES string of the molecule is CCCC1=CCC=C1CCC. The van der Waals surface area contributed by atoms with E-state index in [4.69, 9.17) is 0 Å². The van der Waals surface area contributed by atoms with Gasteiger partial charge in [-0.3, -0.25) is 0 Å². The second kappa shape index (κ2) is 4.38. The van der Waals surface area contributed by atoms with Gasteiger partial charge in [0.2, 0.25) is 0 Å². The van der Waals surface area contributed by atoms with Gasteiger partial charge in [-0.15, -0.1) is 0 Å². The van der Waals surface area contributed by atoms with E-state index < -0.39 is 0 Å². The molecule has 11 heavy (non-hydrogen) atoms. The second-order valence-corrected chi connectivity index (χ2v) is 3.19. The Kier molecular flexibility index (Phi) is 3.41. The third-order valence-corrected chi connectivity index (χ3v) is 2.18. The van der Waals surface area contributed by atoms with E-state index in [-0.39, 0.29) is 0 Å². The van der Waals surface area contributed by atoms with Crippen LogP contribution in [0.2, 0.25) is 0 Å². The highest BCUT2D eigenvalue weighted by atomic mass is 14.1. The number of rotatable bonds is 4. The molecule has 0 bridgehead atoms. The van der Waals surface area contributed by atoms with Gasteiger partial charge >= 0.3 is 0 Å². The van der Waals surface area contributed by atoms with Gasteiger partial charge in [0.05, 0.1) is 0 Å². The monoisotopic (exact) mass is 150 g/mol. The summed E-state index contributed by atoms with van der Waals surface area (Å²) in [6, 6.07) is 0. The van der Waals surface area contributed by atoms with E-state index in [0.717, 1.165) is 0 Å². The highest BCUT2D eigenvalue weighted by molar-refractivity contribution is 5.36. The summed E-state index contributed by atoms with van der Waals surface area (Å²) < 4.78 is 0. The highest BCUT2D eigenvalue weighted by Crippen LogP contribution is 2.26. The van der Waals surface area contributed by atoms with Crippen LogP contribution in [0.15, 0.2) is 23.3 Å². The first-order chi connectivity index (χ1) is 5.38. The fraction of sp³-hybridized carbons (Fsp3) is 0.636. The molecule has 0 heterocycles. The van der Waals surface area contributed by atoms with Crippen LogP contribution < -0.4 is 0 Å². The van der Waals surface area contributed by atoms with Crippen molar-refractivity contribution in [3.05, 3.63) is 23.3 Å². The molecule has 0 heteroatoms. The molecule has 0 saturated heterocycles. The predicted octanol–water partition coefficient (Wildman–Crippen LogP) is 3.84. The number of hydrogen-bond donors (Lipinski definition) is 0. The van der Waals surface area contributed by atoms with Gasteiger partial charge in [0.1, 0.15) is 0 Å². The van der Waals surface area contributed by atoms with Crippen molar-refractivity contribution >= 4 is 0 Å². The Balaban J connectivity index is 2.46. The average molecular weight is 150 g/mol. The third kappa shape index (κ3) is 2.21. The molecule has 0 radical (unpaired) electrons. The molecule has 0 aromatic rings. The molecule has 1 aliphatic rings. The molecular formula is C11H18. The summed E-state index contributed by atoms with van der Waals surface area (Å²) in [5, 5.41) is 0. The molecule has 0 atom stereocenters. The van der Waals surface area contributed by atoms with Crippen LogP contribution in [0, 0.1) is 0 Å². The average Bonchev–Trinajstić information content (AvgIpc) is 2.39. The van der Waals surface area contributed by atoms with Gasteiger partial charge in [0.15, 0.2) is 0 Å². The van der Waals surface area contributed by atoms with Crippen molar-refractivity contribution < 1.29 is 0 Å². The lowest BCUT2D eigenvalue weighted by Crippen LogP contribution is -1.85. The molecule has 0 spiro atoms. The van der Waals surface area contributed by atoms with Gasteiger partial charge in [0, 0.05) is 0 Å². The van der Waals surface area contributed by atoms with E-state index in [1.54, 1.807) is 11.1 Å². The first-order valence-corrected chi connectivity index (χ1v) is 4.77. The van der Waals surface area contributed by atoms with E-state index in [1.165, 1.54) is 32.1 Å². The van der Waals surface area contributed by atoms with Crippen molar-refractivity contribution in [2.45, 2.75) is 46.0 Å². The normalized spacial score (nSPS) is 16.5. The maximum atomic E-state index is 2.38. The Morgan fingerprint density at radius 1 is 1.00 bits per heavy atom. The molecule has 1 rings (SSSR count). The van der Waals surface area contributed by atoms with Gasteiger partial charge in [-0.25, -0.2) is 0 Å². The third-order valence-electron chi connectivity index (χ3n) is 2.18. The van der Waals surface area contributed by atoms with Crippen LogP contribution in [0.5, 0.6) is 0 Å². The zero-order chi connectivity index (χ0) is 8.10. The van der Waals surface area contributed by atoms with Gasteiger partial charge in [-0.2, -0.15) is 0 Å². The van der Waals surface area contributed by atoms with E-state index in [0.29, 0.717) is 0 Å². The first-order valence-electron chi connectivity index (χ1n) is 4.77. The summed E-state index contributed by atoms with van der Waals surface area (Å²) >= 11 is 0. The van der Waals surface area contributed by atoms with Gasteiger partial charge in [0.25, 0.3) is 0 Å². The number of hydrogen-bond acceptors (Lipinski definition) is 0. The zero-order valence-electron chi connectivity index (χ0n) is 7.69. The van der Waals surface area contributed by atoms with Crippen LogP contribution in [0.25, 0.3) is 0 Å².